The van der Waals surface area contributed by atoms with Gasteiger partial charge in [0, 0.05) is 18.4 Å². The number of ether oxygens (including phenoxy) is 1. The number of carbonyl (C=O) groups is 1. The van der Waals surface area contributed by atoms with Crippen molar-refractivity contribution in [1.82, 2.24) is 15.0 Å². The van der Waals surface area contributed by atoms with Crippen LogP contribution in [0.3, 0.4) is 0 Å². The molecule has 1 aromatic heterocycles. The van der Waals surface area contributed by atoms with Gasteiger partial charge in [0.1, 0.15) is 5.76 Å². The molecule has 0 unspecified atom stereocenters. The number of rotatable bonds is 5. The number of oxazole rings is 1. The van der Waals surface area contributed by atoms with Gasteiger partial charge in [-0.3, -0.25) is 4.79 Å². The summed E-state index contributed by atoms with van der Waals surface area (Å²) < 4.78 is 36.5. The van der Waals surface area contributed by atoms with Crippen molar-refractivity contribution < 1.29 is 22.4 Å². The van der Waals surface area contributed by atoms with E-state index in [1.54, 1.807) is 0 Å². The summed E-state index contributed by atoms with van der Waals surface area (Å²) in [5.41, 5.74) is 0.313. The number of hydrogen-bond donors (Lipinski definition) is 2. The van der Waals surface area contributed by atoms with Crippen LogP contribution in [0.4, 0.5) is 0 Å². The molecule has 1 amide bonds. The second-order valence-electron chi connectivity index (χ2n) is 6.54. The average Bonchev–Trinajstić information content (AvgIpc) is 3.05. The van der Waals surface area contributed by atoms with Crippen molar-refractivity contribution >= 4 is 15.9 Å². The van der Waals surface area contributed by atoms with Crippen molar-refractivity contribution in [3.63, 3.8) is 0 Å². The van der Waals surface area contributed by atoms with E-state index >= 15 is 0 Å². The molecule has 4 rings (SSSR count). The van der Waals surface area contributed by atoms with Gasteiger partial charge >= 0.3 is 0 Å². The number of nitrogens with one attached hydrogen (secondary N) is 2. The van der Waals surface area contributed by atoms with E-state index in [0.717, 1.165) is 25.5 Å². The standard InChI is InChI=1S/C14H19N3O5S/c1-23(19,20)17-10-9(8-4-5-21-13(8)10)16-14(18)11-12(7-2-3-7)22-6-15-11/h6-10,13,17H,2-5H2,1H3,(H,16,18)/t8-,9+,10-,13-/m1/s1. The van der Waals surface area contributed by atoms with Crippen LogP contribution in [-0.2, 0) is 14.8 Å². The first-order chi connectivity index (χ1) is 10.9. The van der Waals surface area contributed by atoms with Gasteiger partial charge in [-0.05, 0) is 19.3 Å². The Morgan fingerprint density at radius 3 is 2.78 bits per heavy atom. The molecule has 23 heavy (non-hydrogen) atoms. The van der Waals surface area contributed by atoms with Crippen LogP contribution in [0.5, 0.6) is 0 Å². The van der Waals surface area contributed by atoms with E-state index in [0.29, 0.717) is 18.1 Å². The quantitative estimate of drug-likeness (QED) is 0.779. The summed E-state index contributed by atoms with van der Waals surface area (Å²) in [5.74, 6) is 0.742. The molecular weight excluding hydrogens is 322 g/mol. The number of carbonyl (C=O) groups excluding carboxylic acids is 1. The van der Waals surface area contributed by atoms with E-state index in [1.165, 1.54) is 6.39 Å². The van der Waals surface area contributed by atoms with E-state index in [9.17, 15) is 13.2 Å². The van der Waals surface area contributed by atoms with Crippen molar-refractivity contribution in [3.05, 3.63) is 17.8 Å². The Hall–Kier alpha value is -1.45. The molecule has 2 saturated carbocycles. The predicted molar refractivity (Wildman–Crippen MR) is 79.3 cm³/mol. The van der Waals surface area contributed by atoms with Gasteiger partial charge in [0.2, 0.25) is 10.0 Å². The Balaban J connectivity index is 1.50. The molecule has 0 radical (unpaired) electrons. The number of sulfonamides is 1. The molecule has 2 aliphatic carbocycles. The molecule has 0 spiro atoms. The number of nitrogens with zero attached hydrogens (tertiary/aromatic N) is 1. The Bertz CT molecular complexity index is 727. The normalized spacial score (nSPS) is 33.1. The van der Waals surface area contributed by atoms with Gasteiger partial charge in [-0.2, -0.15) is 0 Å². The number of fused-ring (bicyclic) bond motifs is 1. The van der Waals surface area contributed by atoms with Crippen LogP contribution < -0.4 is 10.0 Å². The van der Waals surface area contributed by atoms with Crippen LogP contribution in [-0.4, -0.2) is 50.4 Å². The Labute approximate surface area is 134 Å². The van der Waals surface area contributed by atoms with Gasteiger partial charge < -0.3 is 14.5 Å². The molecule has 3 fully saturated rings. The fourth-order valence-electron chi connectivity index (χ4n) is 3.57. The molecule has 1 aliphatic heterocycles. The smallest absolute Gasteiger partial charge is 0.273 e. The Kier molecular flexibility index (Phi) is 3.47. The zero-order chi connectivity index (χ0) is 16.2. The molecule has 9 heteroatoms. The van der Waals surface area contributed by atoms with E-state index in [-0.39, 0.29) is 29.9 Å². The molecular formula is C14H19N3O5S. The molecule has 8 nitrogen and oxygen atoms in total. The van der Waals surface area contributed by atoms with Crippen molar-refractivity contribution in [3.8, 4) is 0 Å². The van der Waals surface area contributed by atoms with Crippen molar-refractivity contribution in [1.29, 1.82) is 0 Å². The van der Waals surface area contributed by atoms with Crippen LogP contribution in [0.1, 0.15) is 41.4 Å². The van der Waals surface area contributed by atoms with Gasteiger partial charge in [0.25, 0.3) is 5.91 Å². The van der Waals surface area contributed by atoms with Crippen molar-refractivity contribution in [2.24, 2.45) is 5.92 Å². The second kappa shape index (κ2) is 5.29. The first-order valence-corrected chi connectivity index (χ1v) is 9.66. The summed E-state index contributed by atoms with van der Waals surface area (Å²) in [6, 6.07) is -0.716. The topological polar surface area (TPSA) is 111 Å². The first-order valence-electron chi connectivity index (χ1n) is 7.77. The highest BCUT2D eigenvalue weighted by Crippen LogP contribution is 2.42. The van der Waals surface area contributed by atoms with E-state index in [4.69, 9.17) is 9.15 Å². The maximum absolute atomic E-state index is 12.5. The third kappa shape index (κ3) is 2.77. The van der Waals surface area contributed by atoms with Gasteiger partial charge in [-0.15, -0.1) is 0 Å². The lowest BCUT2D eigenvalue weighted by Gasteiger charge is -2.47. The molecule has 4 atom stereocenters. The molecule has 126 valence electrons. The highest BCUT2D eigenvalue weighted by atomic mass is 32.2. The van der Waals surface area contributed by atoms with E-state index < -0.39 is 16.1 Å². The minimum absolute atomic E-state index is 0.134. The minimum Gasteiger partial charge on any atom is -0.447 e. The number of aromatic nitrogens is 1. The fraction of sp³-hybridized carbons (Fsp3) is 0.714. The third-order valence-electron chi connectivity index (χ3n) is 4.79. The van der Waals surface area contributed by atoms with Crippen molar-refractivity contribution in [2.45, 2.75) is 43.4 Å². The summed E-state index contributed by atoms with van der Waals surface area (Å²) in [4.78, 5) is 16.5. The molecule has 3 aliphatic rings. The van der Waals surface area contributed by atoms with Crippen molar-refractivity contribution in [2.75, 3.05) is 12.9 Å². The van der Waals surface area contributed by atoms with E-state index in [1.807, 2.05) is 0 Å². The summed E-state index contributed by atoms with van der Waals surface area (Å²) in [7, 11) is -3.37. The van der Waals surface area contributed by atoms with Crippen LogP contribution >= 0.6 is 0 Å². The highest BCUT2D eigenvalue weighted by Gasteiger charge is 2.55. The molecule has 2 N–H and O–H groups in total. The second-order valence-corrected chi connectivity index (χ2v) is 8.32. The zero-order valence-electron chi connectivity index (χ0n) is 12.7. The van der Waals surface area contributed by atoms with Gasteiger partial charge in [0.05, 0.1) is 24.4 Å². The average molecular weight is 341 g/mol. The van der Waals surface area contributed by atoms with Gasteiger partial charge in [-0.1, -0.05) is 0 Å². The third-order valence-corrected chi connectivity index (χ3v) is 5.49. The molecule has 1 aromatic rings. The van der Waals surface area contributed by atoms with Crippen LogP contribution in [0, 0.1) is 5.92 Å². The fourth-order valence-corrected chi connectivity index (χ4v) is 4.35. The summed E-state index contributed by atoms with van der Waals surface area (Å²) in [5, 5.41) is 2.92. The Morgan fingerprint density at radius 1 is 1.30 bits per heavy atom. The molecule has 0 aromatic carbocycles. The summed E-state index contributed by atoms with van der Waals surface area (Å²) >= 11 is 0. The predicted octanol–water partition coefficient (Wildman–Crippen LogP) is -0.0131. The monoisotopic (exact) mass is 341 g/mol. The SMILES string of the molecule is CS(=O)(=O)N[C@@H]1[C@@H](NC(=O)c2ncoc2C2CC2)[C@H]2CCO[C@H]21. The molecule has 2 heterocycles. The first kappa shape index (κ1) is 15.1. The molecule has 0 bridgehead atoms. The molecule has 1 saturated heterocycles. The largest absolute Gasteiger partial charge is 0.447 e. The van der Waals surface area contributed by atoms with Crippen LogP contribution in [0.2, 0.25) is 0 Å². The highest BCUT2D eigenvalue weighted by molar-refractivity contribution is 7.88. The lowest BCUT2D eigenvalue weighted by atomic mass is 9.72. The van der Waals surface area contributed by atoms with Crippen LogP contribution in [0.15, 0.2) is 10.8 Å². The van der Waals surface area contributed by atoms with Gasteiger partial charge in [-0.25, -0.2) is 18.1 Å². The summed E-state index contributed by atoms with van der Waals surface area (Å²) in [6.07, 6.45) is 5.06. The van der Waals surface area contributed by atoms with Crippen LogP contribution in [0.25, 0.3) is 0 Å². The van der Waals surface area contributed by atoms with Gasteiger partial charge in [0.15, 0.2) is 12.1 Å². The Morgan fingerprint density at radius 2 is 2.09 bits per heavy atom. The maximum Gasteiger partial charge on any atom is 0.273 e. The maximum atomic E-state index is 12.5. The lowest BCUT2D eigenvalue weighted by Crippen LogP contribution is -2.70. The lowest BCUT2D eigenvalue weighted by molar-refractivity contribution is -0.0194. The van der Waals surface area contributed by atoms with E-state index in [2.05, 4.69) is 15.0 Å². The summed E-state index contributed by atoms with van der Waals surface area (Å²) in [6.45, 7) is 0.584. The number of amides is 1. The number of hydrogen-bond acceptors (Lipinski definition) is 6. The minimum atomic E-state index is -3.37. The zero-order valence-corrected chi connectivity index (χ0v) is 13.5.